The lowest BCUT2D eigenvalue weighted by Gasteiger charge is -2.27. The van der Waals surface area contributed by atoms with Crippen LogP contribution in [0.1, 0.15) is 38.2 Å². The van der Waals surface area contributed by atoms with Crippen molar-refractivity contribution in [2.24, 2.45) is 0 Å². The molecule has 0 amide bonds. The van der Waals surface area contributed by atoms with Gasteiger partial charge in [0.2, 0.25) is 0 Å². The summed E-state index contributed by atoms with van der Waals surface area (Å²) in [5, 5.41) is 18.0. The van der Waals surface area contributed by atoms with Crippen molar-refractivity contribution in [1.29, 1.82) is 0 Å². The fourth-order valence-electron chi connectivity index (χ4n) is 2.84. The van der Waals surface area contributed by atoms with Crippen LogP contribution >= 0.6 is 11.6 Å². The third-order valence-electron chi connectivity index (χ3n) is 3.94. The zero-order chi connectivity index (χ0) is 15.4. The van der Waals surface area contributed by atoms with E-state index in [4.69, 9.17) is 11.6 Å². The van der Waals surface area contributed by atoms with Gasteiger partial charge in [-0.1, -0.05) is 18.0 Å². The molecule has 116 valence electrons. The van der Waals surface area contributed by atoms with Crippen molar-refractivity contribution >= 4 is 23.0 Å². The van der Waals surface area contributed by atoms with Crippen molar-refractivity contribution < 1.29 is 4.92 Å². The van der Waals surface area contributed by atoms with Crippen LogP contribution in [0.5, 0.6) is 0 Å². The molecule has 1 saturated heterocycles. The highest BCUT2D eigenvalue weighted by molar-refractivity contribution is 6.33. The fraction of sp³-hybridized carbons (Fsp3) is 0.600. The van der Waals surface area contributed by atoms with Crippen molar-refractivity contribution in [2.75, 3.05) is 11.9 Å². The Bertz CT molecular complexity index is 516. The van der Waals surface area contributed by atoms with Gasteiger partial charge in [0.25, 0.3) is 5.69 Å². The topological polar surface area (TPSA) is 67.2 Å². The Labute approximate surface area is 130 Å². The van der Waals surface area contributed by atoms with Crippen molar-refractivity contribution in [3.63, 3.8) is 0 Å². The molecule has 0 spiro atoms. The smallest absolute Gasteiger partial charge is 0.288 e. The molecule has 0 aromatic heterocycles. The zero-order valence-corrected chi connectivity index (χ0v) is 13.2. The number of nitro benzene ring substituents is 1. The van der Waals surface area contributed by atoms with E-state index in [2.05, 4.69) is 17.6 Å². The number of anilines is 1. The SMILES string of the molecule is Cc1cc([N+](=O)[O-])c(Cl)cc1NC(C)CC1CCCCN1. The molecule has 1 aliphatic rings. The summed E-state index contributed by atoms with van der Waals surface area (Å²) >= 11 is 5.98. The number of hydrogen-bond acceptors (Lipinski definition) is 4. The van der Waals surface area contributed by atoms with Crippen LogP contribution in [0.25, 0.3) is 0 Å². The molecule has 1 fully saturated rings. The Hall–Kier alpha value is -1.33. The van der Waals surface area contributed by atoms with Gasteiger partial charge in [-0.25, -0.2) is 0 Å². The average Bonchev–Trinajstić information content (AvgIpc) is 2.43. The van der Waals surface area contributed by atoms with Gasteiger partial charge in [-0.3, -0.25) is 10.1 Å². The van der Waals surface area contributed by atoms with E-state index in [1.54, 1.807) is 6.07 Å². The highest BCUT2D eigenvalue weighted by atomic mass is 35.5. The van der Waals surface area contributed by atoms with Crippen LogP contribution in [-0.2, 0) is 0 Å². The zero-order valence-electron chi connectivity index (χ0n) is 12.5. The van der Waals surface area contributed by atoms with Gasteiger partial charge >= 0.3 is 0 Å². The number of rotatable bonds is 5. The Kier molecular flexibility index (Phi) is 5.42. The van der Waals surface area contributed by atoms with Crippen LogP contribution in [-0.4, -0.2) is 23.6 Å². The van der Waals surface area contributed by atoms with Crippen molar-refractivity contribution in [1.82, 2.24) is 5.32 Å². The lowest BCUT2D eigenvalue weighted by molar-refractivity contribution is -0.384. The lowest BCUT2D eigenvalue weighted by Crippen LogP contribution is -2.37. The van der Waals surface area contributed by atoms with Gasteiger partial charge in [-0.2, -0.15) is 0 Å². The minimum Gasteiger partial charge on any atom is -0.382 e. The standard InChI is InChI=1S/C15H22ClN3O2/c1-10-7-15(19(20)21)13(16)9-14(10)18-11(2)8-12-5-3-4-6-17-12/h7,9,11-12,17-18H,3-6,8H2,1-2H3. The van der Waals surface area contributed by atoms with E-state index >= 15 is 0 Å². The third kappa shape index (κ3) is 4.32. The fourth-order valence-corrected chi connectivity index (χ4v) is 3.07. The van der Waals surface area contributed by atoms with E-state index in [-0.39, 0.29) is 16.8 Å². The van der Waals surface area contributed by atoms with Gasteiger partial charge in [0, 0.05) is 23.8 Å². The molecule has 6 heteroatoms. The summed E-state index contributed by atoms with van der Waals surface area (Å²) in [5.74, 6) is 0. The van der Waals surface area contributed by atoms with E-state index in [0.29, 0.717) is 6.04 Å². The summed E-state index contributed by atoms with van der Waals surface area (Å²) in [4.78, 5) is 10.4. The summed E-state index contributed by atoms with van der Waals surface area (Å²) in [6.07, 6.45) is 4.79. The molecule has 1 aromatic carbocycles. The predicted molar refractivity (Wildman–Crippen MR) is 86.2 cm³/mol. The minimum atomic E-state index is -0.450. The summed E-state index contributed by atoms with van der Waals surface area (Å²) in [5.41, 5.74) is 1.67. The highest BCUT2D eigenvalue weighted by Gasteiger charge is 2.18. The average molecular weight is 312 g/mol. The lowest BCUT2D eigenvalue weighted by atomic mass is 9.98. The number of nitrogens with one attached hydrogen (secondary N) is 2. The molecule has 0 aliphatic carbocycles. The number of piperidine rings is 1. The molecule has 0 saturated carbocycles. The number of nitrogens with zero attached hydrogens (tertiary/aromatic N) is 1. The van der Waals surface area contributed by atoms with Crippen LogP contribution in [0.4, 0.5) is 11.4 Å². The van der Waals surface area contributed by atoms with Crippen LogP contribution < -0.4 is 10.6 Å². The molecule has 5 nitrogen and oxygen atoms in total. The Morgan fingerprint density at radius 2 is 2.29 bits per heavy atom. The molecule has 2 N–H and O–H groups in total. The number of benzene rings is 1. The van der Waals surface area contributed by atoms with Gasteiger partial charge in [0.05, 0.1) is 4.92 Å². The second-order valence-corrected chi connectivity index (χ2v) is 6.21. The van der Waals surface area contributed by atoms with Crippen LogP contribution in [0.2, 0.25) is 5.02 Å². The molecule has 0 radical (unpaired) electrons. The third-order valence-corrected chi connectivity index (χ3v) is 4.25. The summed E-state index contributed by atoms with van der Waals surface area (Å²) in [7, 11) is 0. The normalized spacial score (nSPS) is 20.0. The summed E-state index contributed by atoms with van der Waals surface area (Å²) in [6, 6.07) is 4.02. The molecule has 0 bridgehead atoms. The van der Waals surface area contributed by atoms with Gasteiger partial charge < -0.3 is 10.6 Å². The molecule has 2 atom stereocenters. The van der Waals surface area contributed by atoms with Crippen molar-refractivity contribution in [3.8, 4) is 0 Å². The van der Waals surface area contributed by atoms with E-state index < -0.39 is 4.92 Å². The maximum absolute atomic E-state index is 10.9. The number of nitro groups is 1. The molecular formula is C15H22ClN3O2. The second kappa shape index (κ2) is 7.09. The molecule has 1 aliphatic heterocycles. The molecule has 2 rings (SSSR count). The van der Waals surface area contributed by atoms with Gasteiger partial charge in [-0.05, 0) is 51.3 Å². The van der Waals surface area contributed by atoms with Crippen LogP contribution in [0.15, 0.2) is 12.1 Å². The number of hydrogen-bond donors (Lipinski definition) is 2. The molecule has 1 aromatic rings. The largest absolute Gasteiger partial charge is 0.382 e. The van der Waals surface area contributed by atoms with Gasteiger partial charge in [0.15, 0.2) is 0 Å². The molecule has 2 unspecified atom stereocenters. The van der Waals surface area contributed by atoms with E-state index in [1.165, 1.54) is 25.3 Å². The first-order valence-corrected chi connectivity index (χ1v) is 7.79. The van der Waals surface area contributed by atoms with E-state index in [0.717, 1.165) is 24.2 Å². The van der Waals surface area contributed by atoms with Gasteiger partial charge in [-0.15, -0.1) is 0 Å². The first-order chi connectivity index (χ1) is 9.97. The Balaban J connectivity index is 2.01. The molecule has 21 heavy (non-hydrogen) atoms. The maximum Gasteiger partial charge on any atom is 0.288 e. The molecule has 1 heterocycles. The quantitative estimate of drug-likeness (QED) is 0.639. The highest BCUT2D eigenvalue weighted by Crippen LogP contribution is 2.31. The summed E-state index contributed by atoms with van der Waals surface area (Å²) in [6.45, 7) is 5.09. The van der Waals surface area contributed by atoms with E-state index in [1.807, 2.05) is 6.92 Å². The van der Waals surface area contributed by atoms with Crippen molar-refractivity contribution in [2.45, 2.75) is 51.6 Å². The van der Waals surface area contributed by atoms with E-state index in [9.17, 15) is 10.1 Å². The molecular weight excluding hydrogens is 290 g/mol. The first kappa shape index (κ1) is 16.0. The Morgan fingerprint density at radius 1 is 1.52 bits per heavy atom. The second-order valence-electron chi connectivity index (χ2n) is 5.80. The van der Waals surface area contributed by atoms with Crippen molar-refractivity contribution in [3.05, 3.63) is 32.8 Å². The van der Waals surface area contributed by atoms with Crippen LogP contribution in [0, 0.1) is 17.0 Å². The monoisotopic (exact) mass is 311 g/mol. The number of halogens is 1. The van der Waals surface area contributed by atoms with Crippen LogP contribution in [0.3, 0.4) is 0 Å². The van der Waals surface area contributed by atoms with Gasteiger partial charge in [0.1, 0.15) is 5.02 Å². The minimum absolute atomic E-state index is 0.0404. The Morgan fingerprint density at radius 3 is 2.90 bits per heavy atom. The first-order valence-electron chi connectivity index (χ1n) is 7.42. The summed E-state index contributed by atoms with van der Waals surface area (Å²) < 4.78 is 0. The maximum atomic E-state index is 10.9. The number of aryl methyl sites for hydroxylation is 1. The predicted octanol–water partition coefficient (Wildman–Crippen LogP) is 3.89.